The van der Waals surface area contributed by atoms with Crippen LogP contribution in [0.5, 0.6) is 0 Å². The Kier molecular flexibility index (Phi) is 10.4. The highest BCUT2D eigenvalue weighted by atomic mass is 16.4. The van der Waals surface area contributed by atoms with Crippen molar-refractivity contribution in [3.05, 3.63) is 114 Å². The van der Waals surface area contributed by atoms with E-state index in [0.717, 1.165) is 36.8 Å². The molecule has 12 heteroatoms. The number of benzene rings is 2. The molecule has 4 amide bonds. The number of carbonyl (C=O) groups is 4. The zero-order valence-corrected chi connectivity index (χ0v) is 29.7. The van der Waals surface area contributed by atoms with Gasteiger partial charge >= 0.3 is 0 Å². The Morgan fingerprint density at radius 1 is 0.660 bits per heavy atom. The molecule has 0 spiro atoms. The maximum Gasteiger partial charge on any atom is 0.255 e. The summed E-state index contributed by atoms with van der Waals surface area (Å²) in [6, 6.07) is 21.3. The third-order valence-electron chi connectivity index (χ3n) is 9.97. The normalized spacial score (nSPS) is 16.8. The summed E-state index contributed by atoms with van der Waals surface area (Å²) < 4.78 is 6.06. The van der Waals surface area contributed by atoms with E-state index in [2.05, 4.69) is 25.6 Å². The fourth-order valence-electron chi connectivity index (χ4n) is 7.17. The van der Waals surface area contributed by atoms with Gasteiger partial charge in [-0.1, -0.05) is 0 Å². The number of rotatable bonds is 10. The lowest BCUT2D eigenvalue weighted by Gasteiger charge is -2.25. The zero-order chi connectivity index (χ0) is 36.9. The van der Waals surface area contributed by atoms with Crippen LogP contribution in [-0.4, -0.2) is 73.6 Å². The Morgan fingerprint density at radius 3 is 1.60 bits per heavy atom. The molecule has 2 aliphatic rings. The summed E-state index contributed by atoms with van der Waals surface area (Å²) in [5.41, 5.74) is 5.33. The maximum absolute atomic E-state index is 13.2. The molecule has 0 aliphatic carbocycles. The molecule has 2 aromatic carbocycles. The third kappa shape index (κ3) is 8.01. The van der Waals surface area contributed by atoms with Crippen molar-refractivity contribution in [3.63, 3.8) is 0 Å². The summed E-state index contributed by atoms with van der Waals surface area (Å²) in [4.78, 5) is 68.8. The first-order valence-electron chi connectivity index (χ1n) is 17.9. The molecule has 2 N–H and O–H groups in total. The van der Waals surface area contributed by atoms with Gasteiger partial charge in [-0.2, -0.15) is 0 Å². The van der Waals surface area contributed by atoms with Gasteiger partial charge in [0.1, 0.15) is 0 Å². The molecule has 2 fully saturated rings. The largest absolute Gasteiger partial charge is 0.436 e. The van der Waals surface area contributed by atoms with Gasteiger partial charge in [-0.25, -0.2) is 4.98 Å². The van der Waals surface area contributed by atoms with Crippen LogP contribution in [0.25, 0.3) is 22.8 Å². The van der Waals surface area contributed by atoms with Crippen molar-refractivity contribution in [2.75, 3.05) is 23.7 Å². The highest BCUT2D eigenvalue weighted by molar-refractivity contribution is 5.98. The molecular weight excluding hydrogens is 670 g/mol. The molecule has 3 aromatic heterocycles. The second kappa shape index (κ2) is 15.6. The van der Waals surface area contributed by atoms with E-state index in [4.69, 9.17) is 4.42 Å². The van der Waals surface area contributed by atoms with Gasteiger partial charge in [0.25, 0.3) is 11.8 Å². The number of aryl methyl sites for hydroxylation is 2. The molecule has 7 rings (SSSR count). The Morgan fingerprint density at radius 2 is 1.13 bits per heavy atom. The van der Waals surface area contributed by atoms with Gasteiger partial charge in [0.05, 0.1) is 17.3 Å². The predicted octanol–water partition coefficient (Wildman–Crippen LogP) is 6.68. The summed E-state index contributed by atoms with van der Waals surface area (Å²) >= 11 is 0. The topological polar surface area (TPSA) is 151 Å². The Hall–Kier alpha value is -6.17. The van der Waals surface area contributed by atoms with Crippen molar-refractivity contribution < 1.29 is 23.6 Å². The number of oxazole rings is 1. The predicted molar refractivity (Wildman–Crippen MR) is 200 cm³/mol. The van der Waals surface area contributed by atoms with Crippen LogP contribution in [0, 0.1) is 13.8 Å². The van der Waals surface area contributed by atoms with Crippen LogP contribution in [0.4, 0.5) is 11.4 Å². The molecule has 2 aliphatic heterocycles. The standard InChI is InChI=1S/C41H41N7O5/c1-26-34(9-3-19-42-26)40(51)47-21-5-7-32(47)23-37(49)45-30-15-11-28(12-16-30)36-25-44-39(53-36)29-13-17-31(18-14-29)46-38(50)24-33-8-6-22-48(33)41(52)35-10-4-20-43-27(35)2/h3-4,9-20,25,32-33H,5-8,21-24H2,1-2H3,(H,45,49)(H,46,50)/t32-,33-/m0/s1. The fourth-order valence-corrected chi connectivity index (χ4v) is 7.17. The van der Waals surface area contributed by atoms with E-state index in [-0.39, 0.29) is 48.6 Å². The molecule has 0 unspecified atom stereocenters. The van der Waals surface area contributed by atoms with Crippen molar-refractivity contribution in [1.82, 2.24) is 24.8 Å². The Bertz CT molecular complexity index is 1980. The minimum absolute atomic E-state index is 0.0847. The monoisotopic (exact) mass is 711 g/mol. The zero-order valence-electron chi connectivity index (χ0n) is 29.7. The van der Waals surface area contributed by atoms with Crippen LogP contribution in [0.15, 0.2) is 95.8 Å². The number of nitrogens with one attached hydrogen (secondary N) is 2. The smallest absolute Gasteiger partial charge is 0.255 e. The molecule has 2 atom stereocenters. The van der Waals surface area contributed by atoms with E-state index >= 15 is 0 Å². The average molecular weight is 712 g/mol. The second-order valence-electron chi connectivity index (χ2n) is 13.6. The highest BCUT2D eigenvalue weighted by Crippen LogP contribution is 2.29. The molecule has 5 aromatic rings. The van der Waals surface area contributed by atoms with Crippen LogP contribution in [-0.2, 0) is 9.59 Å². The molecule has 0 radical (unpaired) electrons. The van der Waals surface area contributed by atoms with Crippen molar-refractivity contribution in [2.24, 2.45) is 0 Å². The van der Waals surface area contributed by atoms with Crippen LogP contribution in [0.3, 0.4) is 0 Å². The summed E-state index contributed by atoms with van der Waals surface area (Å²) in [6.45, 7) is 4.88. The van der Waals surface area contributed by atoms with E-state index in [0.29, 0.717) is 58.6 Å². The van der Waals surface area contributed by atoms with E-state index < -0.39 is 0 Å². The van der Waals surface area contributed by atoms with Gasteiger partial charge in [0.2, 0.25) is 17.7 Å². The Labute approximate surface area is 307 Å². The lowest BCUT2D eigenvalue weighted by atomic mass is 10.1. The minimum atomic E-state index is -0.167. The number of anilines is 2. The van der Waals surface area contributed by atoms with Crippen molar-refractivity contribution in [1.29, 1.82) is 0 Å². The summed E-state index contributed by atoms with van der Waals surface area (Å²) in [7, 11) is 0. The first kappa shape index (κ1) is 35.2. The van der Waals surface area contributed by atoms with Gasteiger partial charge in [-0.15, -0.1) is 0 Å². The minimum Gasteiger partial charge on any atom is -0.436 e. The number of likely N-dealkylation sites (tertiary alicyclic amines) is 2. The van der Waals surface area contributed by atoms with Crippen LogP contribution >= 0.6 is 0 Å². The van der Waals surface area contributed by atoms with Crippen LogP contribution < -0.4 is 10.6 Å². The summed E-state index contributed by atoms with van der Waals surface area (Å²) in [5.74, 6) is 0.515. The average Bonchev–Trinajstić information content (AvgIpc) is 3.94. The SMILES string of the molecule is Cc1ncccc1C(=O)N1CCC[C@H]1CC(=O)Nc1ccc(-c2cnc(-c3ccc(NC(=O)C[C@@H]4CCCN4C(=O)c4cccnc4C)cc3)o2)cc1. The van der Waals surface area contributed by atoms with Crippen molar-refractivity contribution in [2.45, 2.75) is 64.5 Å². The van der Waals surface area contributed by atoms with E-state index in [1.165, 1.54) is 0 Å². The van der Waals surface area contributed by atoms with Gasteiger partial charge in [-0.3, -0.25) is 29.1 Å². The number of hydrogen-bond acceptors (Lipinski definition) is 8. The Balaban J connectivity index is 0.909. The lowest BCUT2D eigenvalue weighted by molar-refractivity contribution is -0.117. The number of aromatic nitrogens is 3. The van der Waals surface area contributed by atoms with Gasteiger partial charge in [0, 0.05) is 84.3 Å². The fraction of sp³-hybridized carbons (Fsp3) is 0.293. The van der Waals surface area contributed by atoms with Gasteiger partial charge in [0.15, 0.2) is 5.76 Å². The first-order valence-corrected chi connectivity index (χ1v) is 17.9. The number of nitrogens with zero attached hydrogens (tertiary/aromatic N) is 5. The molecule has 5 heterocycles. The van der Waals surface area contributed by atoms with Crippen LogP contribution in [0.2, 0.25) is 0 Å². The maximum atomic E-state index is 13.2. The lowest BCUT2D eigenvalue weighted by Crippen LogP contribution is -2.38. The number of carbonyl (C=O) groups excluding carboxylic acids is 4. The second-order valence-corrected chi connectivity index (χ2v) is 13.6. The molecule has 270 valence electrons. The van der Waals surface area contributed by atoms with Crippen LogP contribution in [0.1, 0.15) is 70.6 Å². The van der Waals surface area contributed by atoms with Gasteiger partial charge in [-0.05, 0) is 112 Å². The van der Waals surface area contributed by atoms with E-state index in [1.807, 2.05) is 50.2 Å². The molecule has 12 nitrogen and oxygen atoms in total. The van der Waals surface area contributed by atoms with Crippen molar-refractivity contribution >= 4 is 35.0 Å². The summed E-state index contributed by atoms with van der Waals surface area (Å²) in [5, 5.41) is 5.91. The number of hydrogen-bond donors (Lipinski definition) is 2. The molecule has 0 saturated carbocycles. The van der Waals surface area contributed by atoms with Crippen molar-refractivity contribution in [3.8, 4) is 22.8 Å². The molecule has 53 heavy (non-hydrogen) atoms. The third-order valence-corrected chi connectivity index (χ3v) is 9.97. The summed E-state index contributed by atoms with van der Waals surface area (Å²) in [6.07, 6.45) is 8.67. The van der Waals surface area contributed by atoms with E-state index in [9.17, 15) is 19.2 Å². The quantitative estimate of drug-likeness (QED) is 0.163. The van der Waals surface area contributed by atoms with E-state index in [1.54, 1.807) is 64.8 Å². The first-order chi connectivity index (χ1) is 25.7. The van der Waals surface area contributed by atoms with Gasteiger partial charge < -0.3 is 24.9 Å². The molecule has 0 bridgehead atoms. The number of amides is 4. The number of pyridine rings is 2. The molecule has 2 saturated heterocycles. The highest BCUT2D eigenvalue weighted by Gasteiger charge is 2.33. The molecular formula is C41H41N7O5.